The van der Waals surface area contributed by atoms with Crippen molar-refractivity contribution in [3.8, 4) is 0 Å². The van der Waals surface area contributed by atoms with Crippen molar-refractivity contribution < 1.29 is 14.3 Å². The Morgan fingerprint density at radius 2 is 2.22 bits per heavy atom. The van der Waals surface area contributed by atoms with E-state index in [2.05, 4.69) is 10.6 Å². The highest BCUT2D eigenvalue weighted by atomic mass is 35.5. The summed E-state index contributed by atoms with van der Waals surface area (Å²) in [7, 11) is 1.87. The first-order valence-corrected chi connectivity index (χ1v) is 8.03. The number of alkyl carbamates (subject to hydrolysis) is 1. The first-order chi connectivity index (χ1) is 11.0. The molecule has 2 rings (SSSR count). The SMILES string of the molecule is CCOC(=O)N[C@H]1C[C@@H](C(=O)NCc2cccc(Cl)c2)N(C)C1. The Bertz CT molecular complexity index is 567. The van der Waals surface area contributed by atoms with Crippen molar-refractivity contribution >= 4 is 23.6 Å². The molecule has 0 unspecified atom stereocenters. The van der Waals surface area contributed by atoms with Crippen molar-refractivity contribution in [3.63, 3.8) is 0 Å². The van der Waals surface area contributed by atoms with Crippen molar-refractivity contribution in [2.45, 2.75) is 32.0 Å². The van der Waals surface area contributed by atoms with Crippen LogP contribution in [0.25, 0.3) is 0 Å². The molecule has 0 saturated carbocycles. The van der Waals surface area contributed by atoms with Gasteiger partial charge in [0.2, 0.25) is 5.91 Å². The molecule has 1 aromatic rings. The summed E-state index contributed by atoms with van der Waals surface area (Å²) in [6.07, 6.45) is 0.127. The number of carbonyl (C=O) groups is 2. The third kappa shape index (κ3) is 5.11. The van der Waals surface area contributed by atoms with Crippen LogP contribution in [-0.2, 0) is 16.1 Å². The number of likely N-dealkylation sites (tertiary alicyclic amines) is 1. The molecule has 126 valence electrons. The van der Waals surface area contributed by atoms with Gasteiger partial charge < -0.3 is 15.4 Å². The van der Waals surface area contributed by atoms with Crippen molar-refractivity contribution in [1.29, 1.82) is 0 Å². The van der Waals surface area contributed by atoms with Crippen LogP contribution in [0.1, 0.15) is 18.9 Å². The zero-order valence-electron chi connectivity index (χ0n) is 13.3. The van der Waals surface area contributed by atoms with Crippen LogP contribution in [-0.4, -0.2) is 49.2 Å². The second-order valence-corrected chi connectivity index (χ2v) is 6.04. The molecule has 1 aliphatic rings. The average molecular weight is 340 g/mol. The molecule has 1 aliphatic heterocycles. The van der Waals surface area contributed by atoms with Crippen molar-refractivity contribution in [2.24, 2.45) is 0 Å². The molecule has 7 heteroatoms. The molecule has 0 aromatic heterocycles. The van der Waals surface area contributed by atoms with E-state index in [4.69, 9.17) is 16.3 Å². The normalized spacial score (nSPS) is 21.0. The predicted octanol–water partition coefficient (Wildman–Crippen LogP) is 1.77. The number of carbonyl (C=O) groups excluding carboxylic acids is 2. The fourth-order valence-electron chi connectivity index (χ4n) is 2.70. The summed E-state index contributed by atoms with van der Waals surface area (Å²) >= 11 is 5.93. The lowest BCUT2D eigenvalue weighted by molar-refractivity contribution is -0.125. The number of ether oxygens (including phenoxy) is 1. The maximum atomic E-state index is 12.3. The largest absolute Gasteiger partial charge is 0.450 e. The summed E-state index contributed by atoms with van der Waals surface area (Å²) in [6.45, 7) is 3.14. The molecule has 2 amide bonds. The van der Waals surface area contributed by atoms with E-state index in [1.54, 1.807) is 13.0 Å². The van der Waals surface area contributed by atoms with E-state index in [1.807, 2.05) is 30.1 Å². The summed E-state index contributed by atoms with van der Waals surface area (Å²) in [5.41, 5.74) is 0.952. The molecule has 1 heterocycles. The van der Waals surface area contributed by atoms with Gasteiger partial charge in [-0.1, -0.05) is 23.7 Å². The second kappa shape index (κ2) is 8.17. The minimum atomic E-state index is -0.439. The van der Waals surface area contributed by atoms with Gasteiger partial charge in [-0.05, 0) is 38.1 Å². The third-order valence-corrected chi connectivity index (χ3v) is 4.04. The molecule has 1 saturated heterocycles. The first-order valence-electron chi connectivity index (χ1n) is 7.65. The van der Waals surface area contributed by atoms with E-state index in [1.165, 1.54) is 0 Å². The Morgan fingerprint density at radius 3 is 2.91 bits per heavy atom. The number of halogens is 1. The minimum absolute atomic E-state index is 0.0550. The van der Waals surface area contributed by atoms with Crippen LogP contribution in [0.15, 0.2) is 24.3 Å². The van der Waals surface area contributed by atoms with E-state index < -0.39 is 6.09 Å². The fourth-order valence-corrected chi connectivity index (χ4v) is 2.92. The van der Waals surface area contributed by atoms with Gasteiger partial charge in [0.15, 0.2) is 0 Å². The van der Waals surface area contributed by atoms with E-state index >= 15 is 0 Å². The standard InChI is InChI=1S/C16H22ClN3O3/c1-3-23-16(22)19-13-8-14(20(2)10-13)15(21)18-9-11-5-4-6-12(17)7-11/h4-7,13-14H,3,8-10H2,1-2H3,(H,18,21)(H,19,22)/t13-,14-/m0/s1. The molecule has 0 bridgehead atoms. The second-order valence-electron chi connectivity index (χ2n) is 5.60. The molecule has 2 N–H and O–H groups in total. The number of nitrogens with zero attached hydrogens (tertiary/aromatic N) is 1. The highest BCUT2D eigenvalue weighted by molar-refractivity contribution is 6.30. The Labute approximate surface area is 141 Å². The maximum Gasteiger partial charge on any atom is 0.407 e. The van der Waals surface area contributed by atoms with Crippen LogP contribution in [0.5, 0.6) is 0 Å². The van der Waals surface area contributed by atoms with E-state index in [9.17, 15) is 9.59 Å². The van der Waals surface area contributed by atoms with Crippen LogP contribution >= 0.6 is 11.6 Å². The number of likely N-dealkylation sites (N-methyl/N-ethyl adjacent to an activating group) is 1. The molecular weight excluding hydrogens is 318 g/mol. The van der Waals surface area contributed by atoms with Crippen molar-refractivity contribution in [2.75, 3.05) is 20.2 Å². The van der Waals surface area contributed by atoms with Gasteiger partial charge in [0.05, 0.1) is 12.6 Å². The molecular formula is C16H22ClN3O3. The van der Waals surface area contributed by atoms with Crippen LogP contribution in [0, 0.1) is 0 Å². The van der Waals surface area contributed by atoms with E-state index in [0.717, 1.165) is 5.56 Å². The van der Waals surface area contributed by atoms with Crippen LogP contribution in [0.2, 0.25) is 5.02 Å². The summed E-state index contributed by atoms with van der Waals surface area (Å²) in [5.74, 6) is -0.0550. The quantitative estimate of drug-likeness (QED) is 0.857. The summed E-state index contributed by atoms with van der Waals surface area (Å²) in [5, 5.41) is 6.34. The lowest BCUT2D eigenvalue weighted by Crippen LogP contribution is -2.41. The highest BCUT2D eigenvalue weighted by Crippen LogP contribution is 2.17. The molecule has 0 radical (unpaired) electrons. The predicted molar refractivity (Wildman–Crippen MR) is 88.3 cm³/mol. The number of amides is 2. The van der Waals surface area contributed by atoms with Crippen LogP contribution < -0.4 is 10.6 Å². The molecule has 1 aromatic carbocycles. The number of benzene rings is 1. The third-order valence-electron chi connectivity index (χ3n) is 3.80. The Hall–Kier alpha value is -1.79. The Morgan fingerprint density at radius 1 is 1.43 bits per heavy atom. The zero-order chi connectivity index (χ0) is 16.8. The van der Waals surface area contributed by atoms with Gasteiger partial charge in [0.1, 0.15) is 0 Å². The first kappa shape index (κ1) is 17.6. The van der Waals surface area contributed by atoms with Crippen LogP contribution in [0.4, 0.5) is 4.79 Å². The number of hydrogen-bond donors (Lipinski definition) is 2. The van der Waals surface area contributed by atoms with Crippen LogP contribution in [0.3, 0.4) is 0 Å². The van der Waals surface area contributed by atoms with Gasteiger partial charge in [0.25, 0.3) is 0 Å². The lowest BCUT2D eigenvalue weighted by Gasteiger charge is -2.18. The maximum absolute atomic E-state index is 12.3. The molecule has 0 spiro atoms. The monoisotopic (exact) mass is 339 g/mol. The molecule has 0 aliphatic carbocycles. The summed E-state index contributed by atoms with van der Waals surface area (Å²) in [4.78, 5) is 25.7. The number of hydrogen-bond acceptors (Lipinski definition) is 4. The highest BCUT2D eigenvalue weighted by Gasteiger charge is 2.35. The Balaban J connectivity index is 1.83. The lowest BCUT2D eigenvalue weighted by atomic mass is 10.1. The summed E-state index contributed by atoms with van der Waals surface area (Å²) < 4.78 is 4.87. The van der Waals surface area contributed by atoms with Gasteiger partial charge in [-0.2, -0.15) is 0 Å². The molecule has 6 nitrogen and oxygen atoms in total. The number of nitrogens with one attached hydrogen (secondary N) is 2. The smallest absolute Gasteiger partial charge is 0.407 e. The van der Waals surface area contributed by atoms with Gasteiger partial charge in [-0.15, -0.1) is 0 Å². The minimum Gasteiger partial charge on any atom is -0.450 e. The van der Waals surface area contributed by atoms with Crippen molar-refractivity contribution in [1.82, 2.24) is 15.5 Å². The van der Waals surface area contributed by atoms with E-state index in [-0.39, 0.29) is 18.0 Å². The molecule has 2 atom stereocenters. The van der Waals surface area contributed by atoms with Gasteiger partial charge in [-0.3, -0.25) is 9.69 Å². The molecule has 23 heavy (non-hydrogen) atoms. The Kier molecular flexibility index (Phi) is 6.24. The topological polar surface area (TPSA) is 70.7 Å². The van der Waals surface area contributed by atoms with Crippen molar-refractivity contribution in [3.05, 3.63) is 34.9 Å². The van der Waals surface area contributed by atoms with Gasteiger partial charge in [-0.25, -0.2) is 4.79 Å². The van der Waals surface area contributed by atoms with E-state index in [0.29, 0.717) is 31.1 Å². The van der Waals surface area contributed by atoms with Gasteiger partial charge in [0, 0.05) is 24.2 Å². The fraction of sp³-hybridized carbons (Fsp3) is 0.500. The number of rotatable bonds is 5. The zero-order valence-corrected chi connectivity index (χ0v) is 14.1. The average Bonchev–Trinajstić information content (AvgIpc) is 2.85. The summed E-state index contributed by atoms with van der Waals surface area (Å²) in [6, 6.07) is 7.04. The molecule has 1 fully saturated rings. The van der Waals surface area contributed by atoms with Gasteiger partial charge >= 0.3 is 6.09 Å².